The average Bonchev–Trinajstić information content (AvgIpc) is 2.58. The van der Waals surface area contributed by atoms with Gasteiger partial charge in [0.1, 0.15) is 0 Å². The normalized spacial score (nSPS) is 36.7. The van der Waals surface area contributed by atoms with E-state index >= 15 is 0 Å². The molecule has 1 atom stereocenters. The van der Waals surface area contributed by atoms with Gasteiger partial charge in [-0.05, 0) is 43.4 Å². The maximum Gasteiger partial charge on any atom is 0.0676 e. The zero-order valence-electron chi connectivity index (χ0n) is 8.97. The van der Waals surface area contributed by atoms with E-state index in [2.05, 4.69) is 13.8 Å². The summed E-state index contributed by atoms with van der Waals surface area (Å²) in [7, 11) is 0. The minimum absolute atomic E-state index is 0.270. The molecule has 76 valence electrons. The van der Waals surface area contributed by atoms with Crippen molar-refractivity contribution in [2.75, 3.05) is 0 Å². The van der Waals surface area contributed by atoms with E-state index in [9.17, 15) is 5.11 Å². The molecular formula is C12H22O. The fourth-order valence-corrected chi connectivity index (χ4v) is 3.29. The van der Waals surface area contributed by atoms with Crippen LogP contribution < -0.4 is 0 Å². The summed E-state index contributed by atoms with van der Waals surface area (Å²) in [6.45, 7) is 4.68. The first-order chi connectivity index (χ1) is 6.02. The fraction of sp³-hybridized carbons (Fsp3) is 1.00. The topological polar surface area (TPSA) is 20.2 Å². The molecule has 0 radical (unpaired) electrons. The molecule has 1 nitrogen and oxygen atoms in total. The van der Waals surface area contributed by atoms with Crippen molar-refractivity contribution in [1.29, 1.82) is 0 Å². The minimum atomic E-state index is -0.270. The van der Waals surface area contributed by atoms with Gasteiger partial charge in [0.25, 0.3) is 0 Å². The highest BCUT2D eigenvalue weighted by Crippen LogP contribution is 2.50. The Morgan fingerprint density at radius 2 is 1.69 bits per heavy atom. The lowest BCUT2D eigenvalue weighted by atomic mass is 9.81. The Labute approximate surface area is 81.5 Å². The van der Waals surface area contributed by atoms with Crippen molar-refractivity contribution in [3.05, 3.63) is 0 Å². The highest BCUT2D eigenvalue weighted by Gasteiger charge is 2.44. The second-order valence-electron chi connectivity index (χ2n) is 5.91. The Bertz CT molecular complexity index is 189. The van der Waals surface area contributed by atoms with Crippen molar-refractivity contribution in [1.82, 2.24) is 0 Å². The second kappa shape index (κ2) is 2.98. The second-order valence-corrected chi connectivity index (χ2v) is 5.91. The molecule has 2 saturated carbocycles. The highest BCUT2D eigenvalue weighted by molar-refractivity contribution is 4.96. The summed E-state index contributed by atoms with van der Waals surface area (Å²) in [6.07, 6.45) is 8.41. The largest absolute Gasteiger partial charge is 0.390 e. The van der Waals surface area contributed by atoms with E-state index in [-0.39, 0.29) is 5.60 Å². The molecule has 1 heteroatoms. The van der Waals surface area contributed by atoms with Crippen LogP contribution in [0.4, 0.5) is 0 Å². The van der Waals surface area contributed by atoms with E-state index in [0.717, 1.165) is 12.8 Å². The molecule has 1 N–H and O–H groups in total. The lowest BCUT2D eigenvalue weighted by molar-refractivity contribution is -0.0133. The van der Waals surface area contributed by atoms with Gasteiger partial charge < -0.3 is 5.11 Å². The van der Waals surface area contributed by atoms with Crippen LogP contribution >= 0.6 is 0 Å². The third-order valence-corrected chi connectivity index (χ3v) is 4.20. The predicted molar refractivity (Wildman–Crippen MR) is 54.5 cm³/mol. The summed E-state index contributed by atoms with van der Waals surface area (Å²) in [5.74, 6) is 0.602. The van der Waals surface area contributed by atoms with Gasteiger partial charge in [0, 0.05) is 0 Å². The maximum absolute atomic E-state index is 10.4. The van der Waals surface area contributed by atoms with Crippen LogP contribution in [-0.4, -0.2) is 10.7 Å². The summed E-state index contributed by atoms with van der Waals surface area (Å²) in [4.78, 5) is 0. The van der Waals surface area contributed by atoms with Crippen molar-refractivity contribution in [3.8, 4) is 0 Å². The number of hydrogen-bond acceptors (Lipinski definition) is 1. The van der Waals surface area contributed by atoms with Gasteiger partial charge in [-0.2, -0.15) is 0 Å². The fourth-order valence-electron chi connectivity index (χ4n) is 3.29. The lowest BCUT2D eigenvalue weighted by Gasteiger charge is -2.30. The SMILES string of the molecule is CC1(C)CC[C@H](C2(O)CCCC2)C1. The molecule has 0 bridgehead atoms. The molecule has 13 heavy (non-hydrogen) atoms. The Kier molecular flexibility index (Phi) is 2.18. The van der Waals surface area contributed by atoms with Crippen LogP contribution in [0.2, 0.25) is 0 Å². The van der Waals surface area contributed by atoms with Crippen LogP contribution in [-0.2, 0) is 0 Å². The molecule has 2 aliphatic rings. The summed E-state index contributed by atoms with van der Waals surface area (Å²) >= 11 is 0. The van der Waals surface area contributed by atoms with E-state index in [0.29, 0.717) is 11.3 Å². The number of aliphatic hydroxyl groups is 1. The van der Waals surface area contributed by atoms with Gasteiger partial charge >= 0.3 is 0 Å². The van der Waals surface area contributed by atoms with Gasteiger partial charge in [-0.3, -0.25) is 0 Å². The average molecular weight is 182 g/mol. The third kappa shape index (κ3) is 1.76. The molecule has 0 heterocycles. The van der Waals surface area contributed by atoms with Crippen molar-refractivity contribution >= 4 is 0 Å². The monoisotopic (exact) mass is 182 g/mol. The molecule has 0 aliphatic heterocycles. The maximum atomic E-state index is 10.4. The first kappa shape index (κ1) is 9.51. The summed E-state index contributed by atoms with van der Waals surface area (Å²) in [5.41, 5.74) is 0.219. The van der Waals surface area contributed by atoms with E-state index in [4.69, 9.17) is 0 Å². The Morgan fingerprint density at radius 3 is 2.15 bits per heavy atom. The van der Waals surface area contributed by atoms with Crippen molar-refractivity contribution in [2.24, 2.45) is 11.3 Å². The summed E-state index contributed by atoms with van der Waals surface area (Å²) in [6, 6.07) is 0. The minimum Gasteiger partial charge on any atom is -0.390 e. The van der Waals surface area contributed by atoms with Crippen LogP contribution in [0.1, 0.15) is 58.8 Å². The molecular weight excluding hydrogens is 160 g/mol. The van der Waals surface area contributed by atoms with Gasteiger partial charge in [0.05, 0.1) is 5.60 Å². The zero-order chi connectivity index (χ0) is 9.53. The molecule has 0 aromatic rings. The van der Waals surface area contributed by atoms with E-state index in [1.165, 1.54) is 32.1 Å². The Morgan fingerprint density at radius 1 is 1.08 bits per heavy atom. The van der Waals surface area contributed by atoms with E-state index in [1.807, 2.05) is 0 Å². The van der Waals surface area contributed by atoms with Crippen LogP contribution in [0, 0.1) is 11.3 Å². The molecule has 0 aromatic carbocycles. The van der Waals surface area contributed by atoms with Crippen LogP contribution in [0.5, 0.6) is 0 Å². The van der Waals surface area contributed by atoms with Crippen molar-refractivity contribution in [3.63, 3.8) is 0 Å². The standard InChI is InChI=1S/C12H22O/c1-11(2)8-5-10(9-11)12(13)6-3-4-7-12/h10,13H,3-9H2,1-2H3/t10-/m0/s1. The summed E-state index contributed by atoms with van der Waals surface area (Å²) in [5, 5.41) is 10.4. The van der Waals surface area contributed by atoms with E-state index in [1.54, 1.807) is 0 Å². The van der Waals surface area contributed by atoms with Crippen LogP contribution in [0.3, 0.4) is 0 Å². The Balaban J connectivity index is 2.02. The third-order valence-electron chi connectivity index (χ3n) is 4.20. The molecule has 0 saturated heterocycles. The van der Waals surface area contributed by atoms with Gasteiger partial charge in [-0.15, -0.1) is 0 Å². The van der Waals surface area contributed by atoms with Gasteiger partial charge in [-0.1, -0.05) is 26.7 Å². The van der Waals surface area contributed by atoms with Crippen LogP contribution in [0.25, 0.3) is 0 Å². The molecule has 0 aromatic heterocycles. The molecule has 0 unspecified atom stereocenters. The predicted octanol–water partition coefficient (Wildman–Crippen LogP) is 3.12. The Hall–Kier alpha value is -0.0400. The molecule has 0 spiro atoms. The zero-order valence-corrected chi connectivity index (χ0v) is 8.97. The van der Waals surface area contributed by atoms with Crippen molar-refractivity contribution < 1.29 is 5.11 Å². The first-order valence-electron chi connectivity index (χ1n) is 5.74. The number of rotatable bonds is 1. The molecule has 2 rings (SSSR count). The lowest BCUT2D eigenvalue weighted by Crippen LogP contribution is -2.33. The quantitative estimate of drug-likeness (QED) is 0.660. The smallest absolute Gasteiger partial charge is 0.0676 e. The van der Waals surface area contributed by atoms with Crippen molar-refractivity contribution in [2.45, 2.75) is 64.4 Å². The molecule has 0 amide bonds. The highest BCUT2D eigenvalue weighted by atomic mass is 16.3. The van der Waals surface area contributed by atoms with Gasteiger partial charge in [0.15, 0.2) is 0 Å². The van der Waals surface area contributed by atoms with Gasteiger partial charge in [0.2, 0.25) is 0 Å². The molecule has 2 fully saturated rings. The number of hydrogen-bond donors (Lipinski definition) is 1. The van der Waals surface area contributed by atoms with Crippen LogP contribution in [0.15, 0.2) is 0 Å². The van der Waals surface area contributed by atoms with Gasteiger partial charge in [-0.25, -0.2) is 0 Å². The first-order valence-corrected chi connectivity index (χ1v) is 5.74. The summed E-state index contributed by atoms with van der Waals surface area (Å²) < 4.78 is 0. The molecule has 2 aliphatic carbocycles. The van der Waals surface area contributed by atoms with E-state index < -0.39 is 0 Å².